The third-order valence-corrected chi connectivity index (χ3v) is 5.93. The quantitative estimate of drug-likeness (QED) is 0.779. The molecule has 1 amide bonds. The summed E-state index contributed by atoms with van der Waals surface area (Å²) >= 11 is 1.66. The monoisotopic (exact) mass is 307 g/mol. The molecule has 5 nitrogen and oxygen atoms in total. The number of aromatic nitrogens is 2. The van der Waals surface area contributed by atoms with Crippen LogP contribution in [-0.2, 0) is 11.8 Å². The summed E-state index contributed by atoms with van der Waals surface area (Å²) in [6.07, 6.45) is 9.67. The second-order valence-corrected chi connectivity index (χ2v) is 7.21. The predicted molar refractivity (Wildman–Crippen MR) is 82.4 cm³/mol. The van der Waals surface area contributed by atoms with Crippen molar-refractivity contribution in [1.82, 2.24) is 14.7 Å². The van der Waals surface area contributed by atoms with Crippen molar-refractivity contribution >= 4 is 23.5 Å². The van der Waals surface area contributed by atoms with Gasteiger partial charge in [0.1, 0.15) is 0 Å². The molecule has 0 radical (unpaired) electrons. The van der Waals surface area contributed by atoms with E-state index in [2.05, 4.69) is 5.10 Å². The Kier molecular flexibility index (Phi) is 3.82. The Balaban J connectivity index is 1.67. The number of aryl methyl sites for hydroxylation is 1. The molecule has 1 aromatic rings. The van der Waals surface area contributed by atoms with Crippen molar-refractivity contribution in [2.45, 2.75) is 42.9 Å². The normalized spacial score (nSPS) is 23.3. The van der Waals surface area contributed by atoms with Gasteiger partial charge in [-0.3, -0.25) is 14.3 Å². The number of carbonyl (C=O) groups is 2. The number of hydrogen-bond acceptors (Lipinski definition) is 4. The van der Waals surface area contributed by atoms with Gasteiger partial charge in [-0.1, -0.05) is 0 Å². The third-order valence-electron chi connectivity index (χ3n) is 4.57. The summed E-state index contributed by atoms with van der Waals surface area (Å²) in [5.41, 5.74) is 0.641. The Morgan fingerprint density at radius 1 is 1.48 bits per heavy atom. The zero-order valence-electron chi connectivity index (χ0n) is 12.5. The molecule has 0 aromatic carbocycles. The lowest BCUT2D eigenvalue weighted by Gasteiger charge is -2.27. The maximum atomic E-state index is 12.7. The van der Waals surface area contributed by atoms with Gasteiger partial charge in [-0.2, -0.15) is 5.10 Å². The zero-order chi connectivity index (χ0) is 15.0. The maximum Gasteiger partial charge on any atom is 0.239 e. The first-order valence-corrected chi connectivity index (χ1v) is 8.66. The van der Waals surface area contributed by atoms with Crippen LogP contribution in [0.2, 0.25) is 0 Å². The molecule has 114 valence electrons. The molecule has 1 saturated carbocycles. The first-order valence-electron chi connectivity index (χ1n) is 7.44. The van der Waals surface area contributed by atoms with Crippen molar-refractivity contribution in [3.8, 4) is 0 Å². The fourth-order valence-electron chi connectivity index (χ4n) is 3.09. The second kappa shape index (κ2) is 5.48. The van der Waals surface area contributed by atoms with Crippen LogP contribution in [0.5, 0.6) is 0 Å². The van der Waals surface area contributed by atoms with E-state index in [1.807, 2.05) is 11.2 Å². The molecular weight excluding hydrogens is 286 g/mol. The van der Waals surface area contributed by atoms with Crippen molar-refractivity contribution < 1.29 is 9.59 Å². The highest BCUT2D eigenvalue weighted by Gasteiger charge is 2.52. The highest BCUT2D eigenvalue weighted by atomic mass is 32.2. The van der Waals surface area contributed by atoms with Gasteiger partial charge >= 0.3 is 0 Å². The van der Waals surface area contributed by atoms with Crippen LogP contribution in [0.3, 0.4) is 0 Å². The standard InChI is InChI=1S/C15H21N3O2S/c1-17-10-11(9-16-17)13(19)8-12-4-3-7-18(12)14(20)15(21-2)5-6-15/h9-10,12H,3-8H2,1-2H3. The van der Waals surface area contributed by atoms with E-state index in [0.717, 1.165) is 32.2 Å². The number of likely N-dealkylation sites (tertiary alicyclic amines) is 1. The minimum Gasteiger partial charge on any atom is -0.338 e. The third kappa shape index (κ3) is 2.73. The van der Waals surface area contributed by atoms with Crippen LogP contribution in [0.4, 0.5) is 0 Å². The van der Waals surface area contributed by atoms with E-state index in [9.17, 15) is 9.59 Å². The molecule has 3 rings (SSSR count). The van der Waals surface area contributed by atoms with Crippen LogP contribution < -0.4 is 0 Å². The van der Waals surface area contributed by atoms with Crippen molar-refractivity contribution in [2.24, 2.45) is 7.05 Å². The average Bonchev–Trinajstić information content (AvgIpc) is 2.94. The van der Waals surface area contributed by atoms with Gasteiger partial charge in [0.25, 0.3) is 0 Å². The van der Waals surface area contributed by atoms with Crippen molar-refractivity contribution in [1.29, 1.82) is 0 Å². The number of hydrogen-bond donors (Lipinski definition) is 0. The number of thioether (sulfide) groups is 1. The summed E-state index contributed by atoms with van der Waals surface area (Å²) in [7, 11) is 1.80. The number of carbonyl (C=O) groups excluding carboxylic acids is 2. The van der Waals surface area contributed by atoms with E-state index in [-0.39, 0.29) is 22.5 Å². The topological polar surface area (TPSA) is 55.2 Å². The van der Waals surface area contributed by atoms with Crippen molar-refractivity contribution in [3.05, 3.63) is 18.0 Å². The molecule has 0 N–H and O–H groups in total. The lowest BCUT2D eigenvalue weighted by atomic mass is 10.0. The fraction of sp³-hybridized carbons (Fsp3) is 0.667. The largest absolute Gasteiger partial charge is 0.338 e. The summed E-state index contributed by atoms with van der Waals surface area (Å²) in [5, 5.41) is 4.04. The van der Waals surface area contributed by atoms with Crippen LogP contribution in [-0.4, -0.2) is 50.0 Å². The molecule has 1 aliphatic carbocycles. The van der Waals surface area contributed by atoms with Crippen LogP contribution in [0.1, 0.15) is 42.5 Å². The SMILES string of the molecule is CSC1(C(=O)N2CCCC2CC(=O)c2cnn(C)c2)CC1. The molecule has 2 fully saturated rings. The van der Waals surface area contributed by atoms with E-state index in [1.165, 1.54) is 0 Å². The Morgan fingerprint density at radius 3 is 2.81 bits per heavy atom. The Bertz CT molecular complexity index is 565. The van der Waals surface area contributed by atoms with Gasteiger partial charge in [0.2, 0.25) is 5.91 Å². The van der Waals surface area contributed by atoms with Crippen LogP contribution in [0.25, 0.3) is 0 Å². The number of Topliss-reactive ketones (excluding diaryl/α,β-unsaturated/α-hetero) is 1. The summed E-state index contributed by atoms with van der Waals surface area (Å²) in [6, 6.07) is 0.0647. The Labute approximate surface area is 129 Å². The predicted octanol–water partition coefficient (Wildman–Crippen LogP) is 1.88. The first kappa shape index (κ1) is 14.6. The van der Waals surface area contributed by atoms with Crippen molar-refractivity contribution in [2.75, 3.05) is 12.8 Å². The van der Waals surface area contributed by atoms with Gasteiger partial charge in [-0.25, -0.2) is 0 Å². The van der Waals surface area contributed by atoms with E-state index >= 15 is 0 Å². The number of nitrogens with zero attached hydrogens (tertiary/aromatic N) is 3. The van der Waals surface area contributed by atoms with E-state index in [1.54, 1.807) is 35.9 Å². The summed E-state index contributed by atoms with van der Waals surface area (Å²) in [6.45, 7) is 0.798. The van der Waals surface area contributed by atoms with Crippen LogP contribution >= 0.6 is 11.8 Å². The summed E-state index contributed by atoms with van der Waals surface area (Å²) in [4.78, 5) is 26.9. The van der Waals surface area contributed by atoms with Crippen LogP contribution in [0.15, 0.2) is 12.4 Å². The molecular formula is C15H21N3O2S. The molecule has 0 spiro atoms. The molecule has 1 saturated heterocycles. The highest BCUT2D eigenvalue weighted by molar-refractivity contribution is 8.01. The summed E-state index contributed by atoms with van der Waals surface area (Å²) in [5.74, 6) is 0.332. The lowest BCUT2D eigenvalue weighted by Crippen LogP contribution is -2.42. The fourth-order valence-corrected chi connectivity index (χ4v) is 3.90. The molecule has 1 unspecified atom stereocenters. The molecule has 2 aliphatic rings. The van der Waals surface area contributed by atoms with Gasteiger partial charge in [0, 0.05) is 32.3 Å². The van der Waals surface area contributed by atoms with Gasteiger partial charge in [0.15, 0.2) is 5.78 Å². The molecule has 6 heteroatoms. The van der Waals surface area contributed by atoms with E-state index in [0.29, 0.717) is 12.0 Å². The van der Waals surface area contributed by atoms with Gasteiger partial charge < -0.3 is 4.90 Å². The van der Waals surface area contributed by atoms with Gasteiger partial charge in [0.05, 0.1) is 16.5 Å². The average molecular weight is 307 g/mol. The Morgan fingerprint density at radius 2 is 2.24 bits per heavy atom. The number of amides is 1. The molecule has 0 bridgehead atoms. The molecule has 1 atom stereocenters. The lowest BCUT2D eigenvalue weighted by molar-refractivity contribution is -0.132. The van der Waals surface area contributed by atoms with Crippen LogP contribution in [0, 0.1) is 0 Å². The maximum absolute atomic E-state index is 12.7. The van der Waals surface area contributed by atoms with E-state index in [4.69, 9.17) is 0 Å². The Hall–Kier alpha value is -1.30. The first-order chi connectivity index (χ1) is 10.1. The van der Waals surface area contributed by atoms with E-state index < -0.39 is 0 Å². The van der Waals surface area contributed by atoms with Gasteiger partial charge in [-0.05, 0) is 31.9 Å². The minimum absolute atomic E-state index is 0.0647. The summed E-state index contributed by atoms with van der Waals surface area (Å²) < 4.78 is 1.46. The van der Waals surface area contributed by atoms with Crippen molar-refractivity contribution in [3.63, 3.8) is 0 Å². The second-order valence-electron chi connectivity index (χ2n) is 6.02. The molecule has 1 aromatic heterocycles. The molecule has 2 heterocycles. The highest BCUT2D eigenvalue weighted by Crippen LogP contribution is 2.49. The zero-order valence-corrected chi connectivity index (χ0v) is 13.4. The minimum atomic E-state index is -0.181. The molecule has 1 aliphatic heterocycles. The smallest absolute Gasteiger partial charge is 0.239 e. The number of ketones is 1. The number of rotatable bonds is 5. The molecule has 21 heavy (non-hydrogen) atoms. The van der Waals surface area contributed by atoms with Gasteiger partial charge in [-0.15, -0.1) is 11.8 Å².